The normalized spacial score (nSPS) is 10.7. The van der Waals surface area contributed by atoms with Crippen LogP contribution in [0.25, 0.3) is 11.3 Å². The monoisotopic (exact) mass is 510 g/mol. The van der Waals surface area contributed by atoms with Crippen molar-refractivity contribution in [2.45, 2.75) is 13.1 Å². The Balaban J connectivity index is 1.65. The molecule has 186 valence electrons. The average Bonchev–Trinajstić information content (AvgIpc) is 3.37. The number of halogens is 2. The molecule has 1 aromatic heterocycles. The van der Waals surface area contributed by atoms with Gasteiger partial charge in [0.1, 0.15) is 11.5 Å². The molecule has 0 unspecified atom stereocenters. The first kappa shape index (κ1) is 25.1. The van der Waals surface area contributed by atoms with Gasteiger partial charge in [-0.2, -0.15) is 0 Å². The minimum atomic E-state index is -0.353. The Hall–Kier alpha value is -4.04. The van der Waals surface area contributed by atoms with Crippen molar-refractivity contribution in [2.24, 2.45) is 0 Å². The quantitative estimate of drug-likeness (QED) is 0.275. The summed E-state index contributed by atoms with van der Waals surface area (Å²) in [5.74, 6) is 1.21. The molecule has 0 aliphatic rings. The highest BCUT2D eigenvalue weighted by molar-refractivity contribution is 6.33. The molecular formula is C27H24ClFN2O5. The standard InChI is InChI=1S/C27H24ClFN2O5/c1-33-24-12-18(13-25(34-2)26(24)35-3)23-14-20(30-36-23)16-31(15-17-8-10-19(29)11-9-17)27(32)21-6-4-5-7-22(21)28/h4-14H,15-16H2,1-3H3. The van der Waals surface area contributed by atoms with Crippen LogP contribution in [-0.4, -0.2) is 37.3 Å². The van der Waals surface area contributed by atoms with Crippen LogP contribution in [0.5, 0.6) is 17.2 Å². The summed E-state index contributed by atoms with van der Waals surface area (Å²) in [6, 6.07) is 18.0. The van der Waals surface area contributed by atoms with Gasteiger partial charge in [-0.3, -0.25) is 4.79 Å². The second kappa shape index (κ2) is 11.1. The van der Waals surface area contributed by atoms with Gasteiger partial charge in [0.05, 0.1) is 38.5 Å². The molecule has 0 fully saturated rings. The first-order chi connectivity index (χ1) is 17.4. The van der Waals surface area contributed by atoms with E-state index in [9.17, 15) is 9.18 Å². The Kier molecular flexibility index (Phi) is 7.75. The molecular weight excluding hydrogens is 487 g/mol. The molecule has 0 saturated carbocycles. The third kappa shape index (κ3) is 5.44. The van der Waals surface area contributed by atoms with Crippen LogP contribution in [0.1, 0.15) is 21.6 Å². The predicted molar refractivity (Wildman–Crippen MR) is 133 cm³/mol. The lowest BCUT2D eigenvalue weighted by Crippen LogP contribution is -2.30. The van der Waals surface area contributed by atoms with Gasteiger partial charge in [0, 0.05) is 18.2 Å². The van der Waals surface area contributed by atoms with Gasteiger partial charge in [-0.05, 0) is 42.0 Å². The highest BCUT2D eigenvalue weighted by Gasteiger charge is 2.22. The Morgan fingerprint density at radius 2 is 1.61 bits per heavy atom. The van der Waals surface area contributed by atoms with Crippen LogP contribution in [0.2, 0.25) is 5.02 Å². The summed E-state index contributed by atoms with van der Waals surface area (Å²) in [5.41, 5.74) is 2.28. The van der Waals surface area contributed by atoms with E-state index in [0.717, 1.165) is 5.56 Å². The van der Waals surface area contributed by atoms with Crippen LogP contribution in [0.3, 0.4) is 0 Å². The molecule has 1 heterocycles. The number of carbonyl (C=O) groups excluding carboxylic acids is 1. The van der Waals surface area contributed by atoms with Gasteiger partial charge in [-0.1, -0.05) is 41.0 Å². The molecule has 0 N–H and O–H groups in total. The van der Waals surface area contributed by atoms with E-state index in [-0.39, 0.29) is 24.8 Å². The predicted octanol–water partition coefficient (Wildman–Crippen LogP) is 6.00. The Bertz CT molecular complexity index is 1330. The van der Waals surface area contributed by atoms with Crippen molar-refractivity contribution < 1.29 is 27.9 Å². The van der Waals surface area contributed by atoms with Crippen LogP contribution in [0, 0.1) is 5.82 Å². The molecule has 0 spiro atoms. The Morgan fingerprint density at radius 3 is 2.22 bits per heavy atom. The summed E-state index contributed by atoms with van der Waals surface area (Å²) in [7, 11) is 4.58. The van der Waals surface area contributed by atoms with E-state index in [4.69, 9.17) is 30.3 Å². The number of ether oxygens (including phenoxy) is 3. The molecule has 9 heteroatoms. The zero-order valence-corrected chi connectivity index (χ0v) is 20.7. The van der Waals surface area contributed by atoms with Crippen LogP contribution in [0.15, 0.2) is 71.3 Å². The van der Waals surface area contributed by atoms with Crippen molar-refractivity contribution in [3.05, 3.63) is 94.4 Å². The third-order valence-electron chi connectivity index (χ3n) is 5.54. The number of methoxy groups -OCH3 is 3. The van der Waals surface area contributed by atoms with E-state index in [1.165, 1.54) is 33.5 Å². The highest BCUT2D eigenvalue weighted by Crippen LogP contribution is 2.41. The van der Waals surface area contributed by atoms with Crippen molar-refractivity contribution in [1.29, 1.82) is 0 Å². The number of amides is 1. The van der Waals surface area contributed by atoms with Gasteiger partial charge < -0.3 is 23.6 Å². The molecule has 0 radical (unpaired) electrons. The van der Waals surface area contributed by atoms with Gasteiger partial charge in [0.25, 0.3) is 5.91 Å². The van der Waals surface area contributed by atoms with Crippen LogP contribution < -0.4 is 14.2 Å². The van der Waals surface area contributed by atoms with Crippen molar-refractivity contribution in [2.75, 3.05) is 21.3 Å². The summed E-state index contributed by atoms with van der Waals surface area (Å²) in [5, 5.41) is 4.50. The van der Waals surface area contributed by atoms with Crippen molar-refractivity contribution in [1.82, 2.24) is 10.1 Å². The third-order valence-corrected chi connectivity index (χ3v) is 5.87. The fraction of sp³-hybridized carbons (Fsp3) is 0.185. The van der Waals surface area contributed by atoms with Crippen LogP contribution >= 0.6 is 11.6 Å². The van der Waals surface area contributed by atoms with E-state index in [0.29, 0.717) is 44.9 Å². The minimum absolute atomic E-state index is 0.134. The minimum Gasteiger partial charge on any atom is -0.493 e. The molecule has 0 saturated heterocycles. The van der Waals surface area contributed by atoms with Crippen LogP contribution in [-0.2, 0) is 13.1 Å². The summed E-state index contributed by atoms with van der Waals surface area (Å²) < 4.78 is 35.2. The lowest BCUT2D eigenvalue weighted by Gasteiger charge is -2.22. The summed E-state index contributed by atoms with van der Waals surface area (Å²) in [4.78, 5) is 15.0. The van der Waals surface area contributed by atoms with E-state index in [1.54, 1.807) is 59.5 Å². The Morgan fingerprint density at radius 1 is 0.944 bits per heavy atom. The molecule has 7 nitrogen and oxygen atoms in total. The Labute approximate surface area is 212 Å². The number of rotatable bonds is 9. The maximum absolute atomic E-state index is 13.4. The molecule has 3 aromatic carbocycles. The molecule has 0 atom stereocenters. The number of nitrogens with zero attached hydrogens (tertiary/aromatic N) is 2. The second-order valence-electron chi connectivity index (χ2n) is 7.86. The summed E-state index contributed by atoms with van der Waals surface area (Å²) in [6.45, 7) is 0.353. The van der Waals surface area contributed by atoms with Gasteiger partial charge >= 0.3 is 0 Å². The van der Waals surface area contributed by atoms with E-state index in [2.05, 4.69) is 5.16 Å². The summed E-state index contributed by atoms with van der Waals surface area (Å²) in [6.07, 6.45) is 0. The number of aromatic nitrogens is 1. The van der Waals surface area contributed by atoms with Gasteiger partial charge in [0.2, 0.25) is 5.75 Å². The highest BCUT2D eigenvalue weighted by atomic mass is 35.5. The molecule has 0 bridgehead atoms. The van der Waals surface area contributed by atoms with E-state index >= 15 is 0 Å². The number of benzene rings is 3. The van der Waals surface area contributed by atoms with E-state index < -0.39 is 0 Å². The molecule has 36 heavy (non-hydrogen) atoms. The van der Waals surface area contributed by atoms with Gasteiger partial charge in [0.15, 0.2) is 17.3 Å². The lowest BCUT2D eigenvalue weighted by molar-refractivity contribution is 0.0726. The SMILES string of the molecule is COc1cc(-c2cc(CN(Cc3ccc(F)cc3)C(=O)c3ccccc3Cl)no2)cc(OC)c1OC. The number of hydrogen-bond acceptors (Lipinski definition) is 6. The zero-order chi connectivity index (χ0) is 25.7. The molecule has 0 aliphatic heterocycles. The molecule has 4 aromatic rings. The molecule has 1 amide bonds. The largest absolute Gasteiger partial charge is 0.493 e. The second-order valence-corrected chi connectivity index (χ2v) is 8.27. The van der Waals surface area contributed by atoms with Crippen molar-refractivity contribution in [3.63, 3.8) is 0 Å². The topological polar surface area (TPSA) is 74.0 Å². The van der Waals surface area contributed by atoms with Gasteiger partial charge in [-0.25, -0.2) is 4.39 Å². The van der Waals surface area contributed by atoms with Crippen molar-refractivity contribution >= 4 is 17.5 Å². The fourth-order valence-electron chi connectivity index (χ4n) is 3.76. The first-order valence-corrected chi connectivity index (χ1v) is 11.4. The zero-order valence-electron chi connectivity index (χ0n) is 20.0. The van der Waals surface area contributed by atoms with E-state index in [1.807, 2.05) is 0 Å². The average molecular weight is 511 g/mol. The van der Waals surface area contributed by atoms with Crippen molar-refractivity contribution in [3.8, 4) is 28.6 Å². The maximum Gasteiger partial charge on any atom is 0.256 e. The molecule has 4 rings (SSSR count). The van der Waals surface area contributed by atoms with Gasteiger partial charge in [-0.15, -0.1) is 0 Å². The smallest absolute Gasteiger partial charge is 0.256 e. The van der Waals surface area contributed by atoms with Crippen LogP contribution in [0.4, 0.5) is 4.39 Å². The number of carbonyl (C=O) groups is 1. The fourth-order valence-corrected chi connectivity index (χ4v) is 3.97. The first-order valence-electron chi connectivity index (χ1n) is 11.0. The summed E-state index contributed by atoms with van der Waals surface area (Å²) >= 11 is 6.29. The number of hydrogen-bond donors (Lipinski definition) is 0. The lowest BCUT2D eigenvalue weighted by atomic mass is 10.1. The molecule has 0 aliphatic carbocycles. The maximum atomic E-state index is 13.4.